The number of nitrogens with zero attached hydrogens (tertiary/aromatic N) is 2. The molecule has 0 saturated heterocycles. The Morgan fingerprint density at radius 3 is 2.74 bits per heavy atom. The molecule has 2 rings (SSSR count). The van der Waals surface area contributed by atoms with E-state index in [1.54, 1.807) is 6.92 Å². The largest absolute Gasteiger partial charge is 0.393 e. The molecule has 0 bridgehead atoms. The van der Waals surface area contributed by atoms with Crippen LogP contribution in [0.2, 0.25) is 0 Å². The highest BCUT2D eigenvalue weighted by Crippen LogP contribution is 2.27. The molecule has 0 spiro atoms. The Hall–Kier alpha value is -1.20. The Labute approximate surface area is 121 Å². The van der Waals surface area contributed by atoms with Crippen molar-refractivity contribution in [2.75, 3.05) is 0 Å². The number of aliphatic hydroxyl groups excluding tert-OH is 1. The number of aliphatic hydroxyl groups is 1. The van der Waals surface area contributed by atoms with Crippen LogP contribution in [-0.4, -0.2) is 21.4 Å². The van der Waals surface area contributed by atoms with Gasteiger partial charge in [0.2, 0.25) is 11.7 Å². The van der Waals surface area contributed by atoms with Gasteiger partial charge in [-0.2, -0.15) is 4.98 Å². The third kappa shape index (κ3) is 3.04. The van der Waals surface area contributed by atoms with Crippen molar-refractivity contribution >= 4 is 15.9 Å². The van der Waals surface area contributed by atoms with Gasteiger partial charge in [-0.1, -0.05) is 28.0 Å². The van der Waals surface area contributed by atoms with Gasteiger partial charge in [-0.3, -0.25) is 0 Å². The van der Waals surface area contributed by atoms with Crippen LogP contribution in [-0.2, 0) is 0 Å². The molecule has 2 aromatic rings. The zero-order chi connectivity index (χ0) is 14.0. The fourth-order valence-corrected chi connectivity index (χ4v) is 2.57. The molecule has 0 saturated carbocycles. The summed E-state index contributed by atoms with van der Waals surface area (Å²) in [6, 6.07) is 5.92. The molecule has 0 aliphatic rings. The van der Waals surface area contributed by atoms with Crippen LogP contribution < -0.4 is 0 Å². The van der Waals surface area contributed by atoms with Gasteiger partial charge in [0, 0.05) is 10.0 Å². The Morgan fingerprint density at radius 2 is 2.16 bits per heavy atom. The number of rotatable bonds is 4. The molecule has 19 heavy (non-hydrogen) atoms. The van der Waals surface area contributed by atoms with Crippen LogP contribution >= 0.6 is 15.9 Å². The first-order valence-electron chi connectivity index (χ1n) is 6.31. The normalized spacial score (nSPS) is 14.4. The smallest absolute Gasteiger partial charge is 0.232 e. The number of hydrogen-bond donors (Lipinski definition) is 1. The van der Waals surface area contributed by atoms with Crippen LogP contribution in [0.4, 0.5) is 0 Å². The van der Waals surface area contributed by atoms with Crippen LogP contribution in [0.15, 0.2) is 27.2 Å². The molecule has 1 aromatic carbocycles. The summed E-state index contributed by atoms with van der Waals surface area (Å²) in [6.45, 7) is 5.73. The maximum absolute atomic E-state index is 9.70. The Kier molecular flexibility index (Phi) is 4.37. The molecule has 0 fully saturated rings. The van der Waals surface area contributed by atoms with Gasteiger partial charge in [-0.25, -0.2) is 0 Å². The van der Waals surface area contributed by atoms with E-state index in [0.29, 0.717) is 11.7 Å². The molecule has 1 aromatic heterocycles. The van der Waals surface area contributed by atoms with Crippen molar-refractivity contribution in [3.63, 3.8) is 0 Å². The van der Waals surface area contributed by atoms with E-state index in [0.717, 1.165) is 22.0 Å². The van der Waals surface area contributed by atoms with E-state index in [2.05, 4.69) is 26.1 Å². The van der Waals surface area contributed by atoms with Crippen molar-refractivity contribution in [3.8, 4) is 11.4 Å². The third-order valence-electron chi connectivity index (χ3n) is 3.21. The fourth-order valence-electron chi connectivity index (χ4n) is 2.10. The molecule has 0 radical (unpaired) electrons. The zero-order valence-electron chi connectivity index (χ0n) is 11.2. The summed E-state index contributed by atoms with van der Waals surface area (Å²) in [4.78, 5) is 4.41. The Balaban J connectivity index is 2.35. The molecular weight excluding hydrogens is 308 g/mol. The molecule has 0 amide bonds. The minimum Gasteiger partial charge on any atom is -0.393 e. The number of benzene rings is 1. The van der Waals surface area contributed by atoms with Crippen molar-refractivity contribution < 1.29 is 9.63 Å². The summed E-state index contributed by atoms with van der Waals surface area (Å²) in [5, 5.41) is 13.7. The van der Waals surface area contributed by atoms with Crippen LogP contribution in [0.25, 0.3) is 11.4 Å². The van der Waals surface area contributed by atoms with E-state index in [-0.39, 0.29) is 5.92 Å². The molecule has 5 heteroatoms. The monoisotopic (exact) mass is 324 g/mol. The molecule has 1 N–H and O–H groups in total. The fraction of sp³-hybridized carbons (Fsp3) is 0.429. The standard InChI is InChI=1S/C14H17BrN2O2/c1-4-11(9(3)18)14-16-13(17-19-14)12-6-5-10(15)7-8(12)2/h5-7,9,11,18H,4H2,1-3H3. The first kappa shape index (κ1) is 14.2. The SMILES string of the molecule is CCC(c1nc(-c2ccc(Br)cc2C)no1)C(C)O. The predicted octanol–water partition coefficient (Wildman–Crippen LogP) is 3.68. The summed E-state index contributed by atoms with van der Waals surface area (Å²) in [5.41, 5.74) is 2.02. The lowest BCUT2D eigenvalue weighted by atomic mass is 10.0. The third-order valence-corrected chi connectivity index (χ3v) is 3.70. The summed E-state index contributed by atoms with van der Waals surface area (Å²) < 4.78 is 6.31. The minimum atomic E-state index is -0.496. The lowest BCUT2D eigenvalue weighted by Gasteiger charge is -2.12. The molecule has 0 aliphatic carbocycles. The topological polar surface area (TPSA) is 59.2 Å². The van der Waals surface area contributed by atoms with Gasteiger partial charge in [-0.05, 0) is 44.0 Å². The molecule has 2 unspecified atom stereocenters. The van der Waals surface area contributed by atoms with E-state index in [4.69, 9.17) is 4.52 Å². The number of aryl methyl sites for hydroxylation is 1. The molecule has 1 heterocycles. The van der Waals surface area contributed by atoms with Gasteiger partial charge in [0.15, 0.2) is 0 Å². The van der Waals surface area contributed by atoms with Crippen molar-refractivity contribution in [1.82, 2.24) is 10.1 Å². The Bertz CT molecular complexity index is 566. The zero-order valence-corrected chi connectivity index (χ0v) is 12.8. The van der Waals surface area contributed by atoms with Gasteiger partial charge < -0.3 is 9.63 Å². The second kappa shape index (κ2) is 5.84. The highest BCUT2D eigenvalue weighted by atomic mass is 79.9. The summed E-state index contributed by atoms with van der Waals surface area (Å²) in [6.07, 6.45) is 0.267. The van der Waals surface area contributed by atoms with Gasteiger partial charge >= 0.3 is 0 Å². The average molecular weight is 325 g/mol. The van der Waals surface area contributed by atoms with E-state index in [1.165, 1.54) is 0 Å². The average Bonchev–Trinajstić information content (AvgIpc) is 2.78. The van der Waals surface area contributed by atoms with Crippen LogP contribution in [0.1, 0.15) is 37.6 Å². The van der Waals surface area contributed by atoms with Gasteiger partial charge in [0.25, 0.3) is 0 Å². The minimum absolute atomic E-state index is 0.114. The number of halogens is 1. The van der Waals surface area contributed by atoms with Gasteiger partial charge in [-0.15, -0.1) is 0 Å². The van der Waals surface area contributed by atoms with Gasteiger partial charge in [0.1, 0.15) is 0 Å². The lowest BCUT2D eigenvalue weighted by Crippen LogP contribution is -2.14. The summed E-state index contributed by atoms with van der Waals surface area (Å²) >= 11 is 3.43. The van der Waals surface area contributed by atoms with E-state index in [1.807, 2.05) is 32.0 Å². The first-order chi connectivity index (χ1) is 9.02. The van der Waals surface area contributed by atoms with Crippen molar-refractivity contribution in [2.24, 2.45) is 0 Å². The van der Waals surface area contributed by atoms with Crippen LogP contribution in [0.5, 0.6) is 0 Å². The van der Waals surface area contributed by atoms with Crippen LogP contribution in [0, 0.1) is 6.92 Å². The molecular formula is C14H17BrN2O2. The maximum Gasteiger partial charge on any atom is 0.232 e. The second-order valence-corrected chi connectivity index (χ2v) is 5.59. The lowest BCUT2D eigenvalue weighted by molar-refractivity contribution is 0.141. The van der Waals surface area contributed by atoms with E-state index >= 15 is 0 Å². The van der Waals surface area contributed by atoms with Crippen molar-refractivity contribution in [2.45, 2.75) is 39.2 Å². The highest BCUT2D eigenvalue weighted by Gasteiger charge is 2.22. The van der Waals surface area contributed by atoms with Crippen molar-refractivity contribution in [1.29, 1.82) is 0 Å². The summed E-state index contributed by atoms with van der Waals surface area (Å²) in [5.74, 6) is 0.950. The summed E-state index contributed by atoms with van der Waals surface area (Å²) in [7, 11) is 0. The Morgan fingerprint density at radius 1 is 1.42 bits per heavy atom. The molecule has 2 atom stereocenters. The quantitative estimate of drug-likeness (QED) is 0.931. The molecule has 0 aliphatic heterocycles. The second-order valence-electron chi connectivity index (χ2n) is 4.67. The molecule has 4 nitrogen and oxygen atoms in total. The highest BCUT2D eigenvalue weighted by molar-refractivity contribution is 9.10. The van der Waals surface area contributed by atoms with Crippen molar-refractivity contribution in [3.05, 3.63) is 34.1 Å². The number of aromatic nitrogens is 2. The van der Waals surface area contributed by atoms with Gasteiger partial charge in [0.05, 0.1) is 12.0 Å². The maximum atomic E-state index is 9.70. The first-order valence-corrected chi connectivity index (χ1v) is 7.10. The molecule has 102 valence electrons. The predicted molar refractivity (Wildman–Crippen MR) is 76.9 cm³/mol. The van der Waals surface area contributed by atoms with E-state index in [9.17, 15) is 5.11 Å². The van der Waals surface area contributed by atoms with E-state index < -0.39 is 6.10 Å². The number of hydrogen-bond acceptors (Lipinski definition) is 4. The van der Waals surface area contributed by atoms with Crippen LogP contribution in [0.3, 0.4) is 0 Å².